The first kappa shape index (κ1) is 28.5. The summed E-state index contributed by atoms with van der Waals surface area (Å²) >= 11 is 9.39. The first-order valence-electron chi connectivity index (χ1n) is 14.7. The number of H-pyrrole nitrogens is 1. The van der Waals surface area contributed by atoms with Crippen molar-refractivity contribution in [3.8, 4) is 5.75 Å². The number of nitro benzene ring substituents is 1. The highest BCUT2D eigenvalue weighted by Gasteiger charge is 2.69. The summed E-state index contributed by atoms with van der Waals surface area (Å²) in [5.74, 6) is -1.28. The van der Waals surface area contributed by atoms with Crippen molar-refractivity contribution < 1.29 is 19.2 Å². The number of benzene rings is 3. The third-order valence-corrected chi connectivity index (χ3v) is 12.6. The van der Waals surface area contributed by atoms with Crippen molar-refractivity contribution in [2.75, 3.05) is 4.90 Å². The number of ether oxygens (including phenoxy) is 1. The third kappa shape index (κ3) is 4.46. The van der Waals surface area contributed by atoms with Gasteiger partial charge in [-0.2, -0.15) is 0 Å². The van der Waals surface area contributed by atoms with Crippen LogP contribution in [-0.2, 0) is 16.2 Å². The van der Waals surface area contributed by atoms with E-state index in [9.17, 15) is 24.5 Å². The number of nitrogens with zero attached hydrogens (tertiary/aromatic N) is 2. The van der Waals surface area contributed by atoms with Gasteiger partial charge in [0.1, 0.15) is 12.4 Å². The number of carbonyl (C=O) groups excluding carboxylic acids is 2. The standard InChI is InChI=1S/C33H26ClN3O6S2/c1-15-3-2-4-16(11-15)14-43-23-10-5-17(34)12-20(23)24-25-21-13-22(28(25)44-30-29(24)45-33(40)35-30)27-26(21)31(38)36(32(27)39)18-6-8-19(9-7-18)37(41)42/h2-12,21-22,24-28H,13-14H2,1H3,(H,35,40)/t21-,22-,24+,25+,26+,27+,28-/m1/s1. The average Bonchev–Trinajstić information content (AvgIpc) is 3.75. The van der Waals surface area contributed by atoms with Crippen molar-refractivity contribution in [3.05, 3.63) is 113 Å². The third-order valence-electron chi connectivity index (χ3n) is 9.83. The Balaban J connectivity index is 1.18. The predicted molar refractivity (Wildman–Crippen MR) is 171 cm³/mol. The Bertz CT molecular complexity index is 1960. The summed E-state index contributed by atoms with van der Waals surface area (Å²) in [7, 11) is 0. The zero-order valence-electron chi connectivity index (χ0n) is 23.8. The van der Waals surface area contributed by atoms with E-state index in [0.717, 1.165) is 33.0 Å². The van der Waals surface area contributed by atoms with Gasteiger partial charge >= 0.3 is 4.87 Å². The number of anilines is 1. The quantitative estimate of drug-likeness (QED) is 0.141. The number of aromatic amines is 1. The Hall–Kier alpha value is -3.93. The fourth-order valence-corrected chi connectivity index (χ4v) is 11.3. The fraction of sp³-hybridized carbons (Fsp3) is 0.303. The lowest BCUT2D eigenvalue weighted by Gasteiger charge is -2.43. The van der Waals surface area contributed by atoms with Gasteiger partial charge in [0.2, 0.25) is 11.8 Å². The molecule has 3 heterocycles. The molecule has 0 unspecified atom stereocenters. The number of thiazole rings is 1. The molecule has 7 atom stereocenters. The van der Waals surface area contributed by atoms with E-state index in [1.54, 1.807) is 17.8 Å². The van der Waals surface area contributed by atoms with Crippen molar-refractivity contribution in [2.24, 2.45) is 29.6 Å². The Morgan fingerprint density at radius 2 is 1.78 bits per heavy atom. The zero-order chi connectivity index (χ0) is 31.1. The zero-order valence-corrected chi connectivity index (χ0v) is 26.2. The number of amides is 2. The van der Waals surface area contributed by atoms with Gasteiger partial charge in [0.15, 0.2) is 0 Å². The summed E-state index contributed by atoms with van der Waals surface area (Å²) in [5, 5.41) is 12.5. The first-order valence-corrected chi connectivity index (χ1v) is 16.8. The number of imide groups is 1. The van der Waals surface area contributed by atoms with E-state index < -0.39 is 16.8 Å². The molecule has 0 radical (unpaired) electrons. The highest BCUT2D eigenvalue weighted by Crippen LogP contribution is 2.69. The van der Waals surface area contributed by atoms with Crippen LogP contribution in [0, 0.1) is 46.6 Å². The van der Waals surface area contributed by atoms with E-state index in [2.05, 4.69) is 11.1 Å². The molecule has 2 amide bonds. The summed E-state index contributed by atoms with van der Waals surface area (Å²) in [6.07, 6.45) is 0.735. The molecule has 2 bridgehead atoms. The molecule has 1 saturated heterocycles. The normalized spacial score (nSPS) is 27.8. The minimum Gasteiger partial charge on any atom is -0.489 e. The van der Waals surface area contributed by atoms with Gasteiger partial charge in [0.25, 0.3) is 5.69 Å². The fourth-order valence-electron chi connectivity index (χ4n) is 8.20. The molecule has 3 aromatic carbocycles. The molecule has 45 heavy (non-hydrogen) atoms. The van der Waals surface area contributed by atoms with Crippen molar-refractivity contribution in [3.63, 3.8) is 0 Å². The first-order chi connectivity index (χ1) is 21.7. The molecule has 2 saturated carbocycles. The van der Waals surface area contributed by atoms with Gasteiger partial charge in [-0.3, -0.25) is 29.4 Å². The number of hydrogen-bond acceptors (Lipinski definition) is 8. The Morgan fingerprint density at radius 1 is 1.02 bits per heavy atom. The smallest absolute Gasteiger partial charge is 0.305 e. The minimum atomic E-state index is -0.508. The number of rotatable bonds is 6. The Kier molecular flexibility index (Phi) is 6.70. The summed E-state index contributed by atoms with van der Waals surface area (Å²) in [4.78, 5) is 56.4. The Morgan fingerprint density at radius 3 is 2.51 bits per heavy atom. The van der Waals surface area contributed by atoms with E-state index in [1.807, 2.05) is 37.3 Å². The highest BCUT2D eigenvalue weighted by atomic mass is 35.5. The van der Waals surface area contributed by atoms with Gasteiger partial charge in [0, 0.05) is 38.8 Å². The molecule has 12 heteroatoms. The molecule has 3 fully saturated rings. The number of nitrogens with one attached hydrogen (secondary N) is 1. The maximum atomic E-state index is 14.0. The number of thioether (sulfide) groups is 1. The van der Waals surface area contributed by atoms with Crippen LogP contribution in [0.3, 0.4) is 0 Å². The van der Waals surface area contributed by atoms with Crippen LogP contribution in [-0.4, -0.2) is 27.0 Å². The second kappa shape index (κ2) is 10.6. The molecule has 4 aromatic rings. The number of aromatic nitrogens is 1. The van der Waals surface area contributed by atoms with Crippen LogP contribution in [0.2, 0.25) is 5.02 Å². The molecule has 2 aliphatic carbocycles. The van der Waals surface area contributed by atoms with Gasteiger partial charge in [-0.1, -0.05) is 52.8 Å². The van der Waals surface area contributed by atoms with Crippen LogP contribution in [0.5, 0.6) is 5.75 Å². The topological polar surface area (TPSA) is 123 Å². The van der Waals surface area contributed by atoms with Crippen molar-refractivity contribution in [2.45, 2.75) is 36.1 Å². The second-order valence-electron chi connectivity index (χ2n) is 12.2. The van der Waals surface area contributed by atoms with Gasteiger partial charge in [-0.15, -0.1) is 11.8 Å². The summed E-state index contributed by atoms with van der Waals surface area (Å²) in [6, 6.07) is 19.3. The molecule has 1 aromatic heterocycles. The molecular weight excluding hydrogens is 634 g/mol. The number of non-ortho nitro benzene ring substituents is 1. The van der Waals surface area contributed by atoms with Crippen molar-refractivity contribution in [1.82, 2.24) is 4.98 Å². The van der Waals surface area contributed by atoms with Gasteiger partial charge in [0.05, 0.1) is 27.5 Å². The van der Waals surface area contributed by atoms with Gasteiger partial charge in [-0.05, 0) is 67.0 Å². The van der Waals surface area contributed by atoms with E-state index in [0.29, 0.717) is 23.1 Å². The molecule has 228 valence electrons. The second-order valence-corrected chi connectivity index (χ2v) is 14.8. The molecule has 8 rings (SSSR count). The summed E-state index contributed by atoms with van der Waals surface area (Å²) in [5.41, 5.74) is 3.28. The van der Waals surface area contributed by atoms with Crippen molar-refractivity contribution in [1.29, 1.82) is 0 Å². The molecule has 1 N–H and O–H groups in total. The molecule has 9 nitrogen and oxygen atoms in total. The van der Waals surface area contributed by atoms with E-state index in [1.165, 1.54) is 40.5 Å². The molecule has 4 aliphatic rings. The van der Waals surface area contributed by atoms with E-state index >= 15 is 0 Å². The lowest BCUT2D eigenvalue weighted by molar-refractivity contribution is -0.384. The number of halogens is 1. The maximum Gasteiger partial charge on any atom is 0.305 e. The van der Waals surface area contributed by atoms with Crippen LogP contribution >= 0.6 is 34.7 Å². The lowest BCUT2D eigenvalue weighted by atomic mass is 9.68. The van der Waals surface area contributed by atoms with Gasteiger partial charge in [-0.25, -0.2) is 0 Å². The average molecular weight is 660 g/mol. The van der Waals surface area contributed by atoms with Crippen LogP contribution in [0.1, 0.15) is 33.9 Å². The minimum absolute atomic E-state index is 0.00355. The van der Waals surface area contributed by atoms with E-state index in [-0.39, 0.29) is 51.3 Å². The number of fused-ring (bicyclic) bond motifs is 9. The monoisotopic (exact) mass is 659 g/mol. The number of hydrogen-bond donors (Lipinski definition) is 1. The summed E-state index contributed by atoms with van der Waals surface area (Å²) in [6.45, 7) is 2.39. The SMILES string of the molecule is Cc1cccc(COc2ccc(Cl)cc2[C@@H]2c3sc(=O)[nH]c3S[C@@H]3[C@@H]4C[C@@H]([C@@H]5C(=O)N(c6ccc([N+](=O)[O-])cc6)C(=O)[C@@H]45)[C@@H]23)c1. The van der Waals surface area contributed by atoms with Crippen LogP contribution < -0.4 is 14.5 Å². The molecular formula is C33H26ClN3O6S2. The maximum absolute atomic E-state index is 14.0. The van der Waals surface area contributed by atoms with Crippen LogP contribution in [0.4, 0.5) is 11.4 Å². The number of aryl methyl sites for hydroxylation is 1. The van der Waals surface area contributed by atoms with Crippen LogP contribution in [0.15, 0.2) is 76.6 Å². The predicted octanol–water partition coefficient (Wildman–Crippen LogP) is 6.56. The van der Waals surface area contributed by atoms with Crippen molar-refractivity contribution >= 4 is 57.9 Å². The highest BCUT2D eigenvalue weighted by molar-refractivity contribution is 8.00. The molecule has 0 spiro atoms. The lowest BCUT2D eigenvalue weighted by Crippen LogP contribution is -2.42. The van der Waals surface area contributed by atoms with Crippen LogP contribution in [0.25, 0.3) is 0 Å². The molecule has 2 aliphatic heterocycles. The summed E-state index contributed by atoms with van der Waals surface area (Å²) < 4.78 is 6.44. The number of nitro groups is 1. The van der Waals surface area contributed by atoms with Gasteiger partial charge < -0.3 is 9.72 Å². The Labute approximate surface area is 270 Å². The number of carbonyl (C=O) groups is 2. The van der Waals surface area contributed by atoms with E-state index in [4.69, 9.17) is 16.3 Å². The largest absolute Gasteiger partial charge is 0.489 e.